The summed E-state index contributed by atoms with van der Waals surface area (Å²) in [6, 6.07) is 7.71. The Labute approximate surface area is 153 Å². The van der Waals surface area contributed by atoms with Gasteiger partial charge in [-0.1, -0.05) is 29.8 Å². The molecule has 0 aliphatic carbocycles. The predicted molar refractivity (Wildman–Crippen MR) is 97.1 cm³/mol. The highest BCUT2D eigenvalue weighted by Crippen LogP contribution is 2.18. The number of ether oxygens (including phenoxy) is 2. The molecular formula is C20H25NO5. The third-order valence-electron chi connectivity index (χ3n) is 4.29. The van der Waals surface area contributed by atoms with Crippen molar-refractivity contribution in [2.45, 2.75) is 26.7 Å². The summed E-state index contributed by atoms with van der Waals surface area (Å²) in [6.07, 6.45) is 4.11. The smallest absolute Gasteiger partial charge is 0.331 e. The van der Waals surface area contributed by atoms with E-state index in [1.165, 1.54) is 6.08 Å². The second-order valence-electron chi connectivity index (χ2n) is 6.26. The van der Waals surface area contributed by atoms with Crippen LogP contribution in [0, 0.1) is 12.8 Å². The summed E-state index contributed by atoms with van der Waals surface area (Å²) in [4.78, 5) is 37.2. The molecule has 1 aromatic rings. The number of hydrogen-bond donors (Lipinski definition) is 0. The molecular weight excluding hydrogens is 334 g/mol. The van der Waals surface area contributed by atoms with Gasteiger partial charge in [-0.15, -0.1) is 0 Å². The summed E-state index contributed by atoms with van der Waals surface area (Å²) in [5.41, 5.74) is 2.03. The van der Waals surface area contributed by atoms with Gasteiger partial charge in [-0.05, 0) is 38.3 Å². The molecule has 1 amide bonds. The van der Waals surface area contributed by atoms with E-state index < -0.39 is 5.97 Å². The Kier molecular flexibility index (Phi) is 7.38. The standard InChI is InChI=1S/C20H25NO5/c1-3-25-20(24)17-10-12-21(13-11-17)18(22)14-26-19(23)9-8-16-6-4-15(2)5-7-16/h4-9,17H,3,10-14H2,1-2H3/b9-8+. The maximum absolute atomic E-state index is 12.1. The van der Waals surface area contributed by atoms with Gasteiger partial charge in [0.1, 0.15) is 0 Å². The first-order valence-electron chi connectivity index (χ1n) is 8.85. The molecule has 0 atom stereocenters. The number of piperidine rings is 1. The SMILES string of the molecule is CCOC(=O)C1CCN(C(=O)COC(=O)/C=C/c2ccc(C)cc2)CC1. The van der Waals surface area contributed by atoms with Crippen molar-refractivity contribution >= 4 is 23.9 Å². The monoisotopic (exact) mass is 359 g/mol. The first kappa shape index (κ1) is 19.7. The number of aryl methyl sites for hydroxylation is 1. The summed E-state index contributed by atoms with van der Waals surface area (Å²) in [7, 11) is 0. The molecule has 1 saturated heterocycles. The number of likely N-dealkylation sites (tertiary alicyclic amines) is 1. The molecule has 1 aliphatic heterocycles. The van der Waals surface area contributed by atoms with Crippen LogP contribution in [0.1, 0.15) is 30.9 Å². The number of carbonyl (C=O) groups excluding carboxylic acids is 3. The number of amides is 1. The van der Waals surface area contributed by atoms with Gasteiger partial charge in [-0.3, -0.25) is 9.59 Å². The molecule has 2 rings (SSSR count). The minimum absolute atomic E-state index is 0.154. The lowest BCUT2D eigenvalue weighted by molar-refractivity contribution is -0.153. The molecule has 140 valence electrons. The van der Waals surface area contributed by atoms with E-state index >= 15 is 0 Å². The van der Waals surface area contributed by atoms with Crippen LogP contribution in [0.2, 0.25) is 0 Å². The highest BCUT2D eigenvalue weighted by atomic mass is 16.5. The fourth-order valence-corrected chi connectivity index (χ4v) is 2.74. The molecule has 6 nitrogen and oxygen atoms in total. The molecule has 0 aromatic heterocycles. The molecule has 1 aromatic carbocycles. The summed E-state index contributed by atoms with van der Waals surface area (Å²) < 4.78 is 10.0. The molecule has 0 unspecified atom stereocenters. The summed E-state index contributed by atoms with van der Waals surface area (Å²) >= 11 is 0. The average molecular weight is 359 g/mol. The van der Waals surface area contributed by atoms with Crippen molar-refractivity contribution in [3.8, 4) is 0 Å². The number of nitrogens with zero attached hydrogens (tertiary/aromatic N) is 1. The van der Waals surface area contributed by atoms with E-state index in [2.05, 4.69) is 0 Å². The van der Waals surface area contributed by atoms with Gasteiger partial charge in [0.15, 0.2) is 6.61 Å². The second-order valence-corrected chi connectivity index (χ2v) is 6.26. The van der Waals surface area contributed by atoms with Crippen LogP contribution in [-0.4, -0.2) is 49.0 Å². The fraction of sp³-hybridized carbons (Fsp3) is 0.450. The van der Waals surface area contributed by atoms with Crippen molar-refractivity contribution < 1.29 is 23.9 Å². The van der Waals surface area contributed by atoms with E-state index in [0.29, 0.717) is 32.5 Å². The van der Waals surface area contributed by atoms with E-state index in [1.807, 2.05) is 31.2 Å². The van der Waals surface area contributed by atoms with Crippen LogP contribution < -0.4 is 0 Å². The zero-order valence-corrected chi connectivity index (χ0v) is 15.3. The Bertz CT molecular complexity index is 657. The zero-order chi connectivity index (χ0) is 18.9. The largest absolute Gasteiger partial charge is 0.466 e. The van der Waals surface area contributed by atoms with E-state index in [-0.39, 0.29) is 24.4 Å². The lowest BCUT2D eigenvalue weighted by Gasteiger charge is -2.30. The van der Waals surface area contributed by atoms with Crippen LogP contribution >= 0.6 is 0 Å². The van der Waals surface area contributed by atoms with Gasteiger partial charge < -0.3 is 14.4 Å². The van der Waals surface area contributed by atoms with E-state index in [4.69, 9.17) is 9.47 Å². The minimum atomic E-state index is -0.555. The highest BCUT2D eigenvalue weighted by Gasteiger charge is 2.28. The minimum Gasteiger partial charge on any atom is -0.466 e. The number of benzene rings is 1. The topological polar surface area (TPSA) is 72.9 Å². The average Bonchev–Trinajstić information content (AvgIpc) is 2.66. The summed E-state index contributed by atoms with van der Waals surface area (Å²) in [5, 5.41) is 0. The molecule has 1 fully saturated rings. The first-order chi connectivity index (χ1) is 12.5. The van der Waals surface area contributed by atoms with Crippen LogP contribution in [0.4, 0.5) is 0 Å². The van der Waals surface area contributed by atoms with Gasteiger partial charge in [0.25, 0.3) is 5.91 Å². The van der Waals surface area contributed by atoms with Gasteiger partial charge in [-0.2, -0.15) is 0 Å². The summed E-state index contributed by atoms with van der Waals surface area (Å²) in [6.45, 7) is 4.78. The van der Waals surface area contributed by atoms with Crippen LogP contribution in [-0.2, 0) is 23.9 Å². The van der Waals surface area contributed by atoms with Gasteiger partial charge >= 0.3 is 11.9 Å². The van der Waals surface area contributed by atoms with Crippen molar-refractivity contribution in [3.63, 3.8) is 0 Å². The van der Waals surface area contributed by atoms with E-state index in [9.17, 15) is 14.4 Å². The summed E-state index contributed by atoms with van der Waals surface area (Å²) in [5.74, 6) is -1.16. The Morgan fingerprint density at radius 3 is 2.38 bits per heavy atom. The molecule has 1 aliphatic rings. The van der Waals surface area contributed by atoms with Crippen LogP contribution in [0.5, 0.6) is 0 Å². The lowest BCUT2D eigenvalue weighted by atomic mass is 9.97. The molecule has 0 saturated carbocycles. The van der Waals surface area contributed by atoms with E-state index in [1.54, 1.807) is 17.9 Å². The second kappa shape index (κ2) is 9.75. The maximum Gasteiger partial charge on any atom is 0.331 e. The van der Waals surface area contributed by atoms with E-state index in [0.717, 1.165) is 11.1 Å². The van der Waals surface area contributed by atoms with Crippen molar-refractivity contribution in [2.75, 3.05) is 26.3 Å². The molecule has 26 heavy (non-hydrogen) atoms. The van der Waals surface area contributed by atoms with Crippen LogP contribution in [0.3, 0.4) is 0 Å². The number of hydrogen-bond acceptors (Lipinski definition) is 5. The molecule has 6 heteroatoms. The third-order valence-corrected chi connectivity index (χ3v) is 4.29. The van der Waals surface area contributed by atoms with Crippen molar-refractivity contribution in [1.82, 2.24) is 4.90 Å². The first-order valence-corrected chi connectivity index (χ1v) is 8.85. The highest BCUT2D eigenvalue weighted by molar-refractivity contribution is 5.89. The quantitative estimate of drug-likeness (QED) is 0.576. The van der Waals surface area contributed by atoms with Gasteiger partial charge in [0.2, 0.25) is 0 Å². The third kappa shape index (κ3) is 6.02. The van der Waals surface area contributed by atoms with Crippen LogP contribution in [0.15, 0.2) is 30.3 Å². The predicted octanol–water partition coefficient (Wildman–Crippen LogP) is 2.35. The zero-order valence-electron chi connectivity index (χ0n) is 15.3. The number of esters is 2. The molecule has 1 heterocycles. The van der Waals surface area contributed by atoms with Gasteiger partial charge in [0.05, 0.1) is 12.5 Å². The lowest BCUT2D eigenvalue weighted by Crippen LogP contribution is -2.42. The molecule has 0 radical (unpaired) electrons. The molecule has 0 N–H and O–H groups in total. The fourth-order valence-electron chi connectivity index (χ4n) is 2.74. The Morgan fingerprint density at radius 2 is 1.77 bits per heavy atom. The van der Waals surface area contributed by atoms with Crippen LogP contribution in [0.25, 0.3) is 6.08 Å². The maximum atomic E-state index is 12.1. The Hall–Kier alpha value is -2.63. The van der Waals surface area contributed by atoms with Crippen molar-refractivity contribution in [2.24, 2.45) is 5.92 Å². The Balaban J connectivity index is 1.72. The van der Waals surface area contributed by atoms with Crippen molar-refractivity contribution in [1.29, 1.82) is 0 Å². The number of rotatable bonds is 6. The van der Waals surface area contributed by atoms with Gasteiger partial charge in [0, 0.05) is 19.2 Å². The van der Waals surface area contributed by atoms with Gasteiger partial charge in [-0.25, -0.2) is 4.79 Å². The van der Waals surface area contributed by atoms with Crippen molar-refractivity contribution in [3.05, 3.63) is 41.5 Å². The molecule has 0 bridgehead atoms. The number of carbonyl (C=O) groups is 3. The molecule has 0 spiro atoms. The normalized spacial score (nSPS) is 15.1. The Morgan fingerprint density at radius 1 is 1.12 bits per heavy atom.